The van der Waals surface area contributed by atoms with Gasteiger partial charge in [0.15, 0.2) is 0 Å². The van der Waals surface area contributed by atoms with Gasteiger partial charge < -0.3 is 10.5 Å². The van der Waals surface area contributed by atoms with Crippen molar-refractivity contribution in [2.45, 2.75) is 44.5 Å². The van der Waals surface area contributed by atoms with Crippen LogP contribution in [0.15, 0.2) is 18.2 Å². The van der Waals surface area contributed by atoms with Crippen LogP contribution in [0, 0.1) is 0 Å². The monoisotopic (exact) mass is 327 g/mol. The van der Waals surface area contributed by atoms with E-state index in [1.54, 1.807) is 0 Å². The van der Waals surface area contributed by atoms with Gasteiger partial charge in [-0.1, -0.05) is 34.1 Å². The van der Waals surface area contributed by atoms with E-state index in [0.717, 1.165) is 22.9 Å². The van der Waals surface area contributed by atoms with Gasteiger partial charge in [-0.3, -0.25) is 4.79 Å². The van der Waals surface area contributed by atoms with Crippen LogP contribution in [0.25, 0.3) is 0 Å². The summed E-state index contributed by atoms with van der Waals surface area (Å²) in [6.07, 6.45) is 1.08. The van der Waals surface area contributed by atoms with E-state index in [4.69, 9.17) is 10.5 Å². The quantitative estimate of drug-likeness (QED) is 0.668. The van der Waals surface area contributed by atoms with Crippen LogP contribution in [0.1, 0.15) is 37.5 Å². The maximum Gasteiger partial charge on any atom is 0.310 e. The largest absolute Gasteiger partial charge is 0.460 e. The minimum absolute atomic E-state index is 0.197. The summed E-state index contributed by atoms with van der Waals surface area (Å²) in [5.41, 5.74) is 8.51. The van der Waals surface area contributed by atoms with Gasteiger partial charge in [0.05, 0.1) is 6.42 Å². The fraction of sp³-hybridized carbons (Fsp3) is 0.533. The lowest BCUT2D eigenvalue weighted by Gasteiger charge is -2.20. The maximum atomic E-state index is 11.9. The number of halogens is 1. The van der Waals surface area contributed by atoms with Crippen LogP contribution >= 0.6 is 15.9 Å². The van der Waals surface area contributed by atoms with Crippen molar-refractivity contribution < 1.29 is 9.53 Å². The van der Waals surface area contributed by atoms with Crippen molar-refractivity contribution in [3.8, 4) is 0 Å². The number of hydrogen-bond donors (Lipinski definition) is 1. The molecule has 0 aliphatic rings. The van der Waals surface area contributed by atoms with Crippen LogP contribution in [0.5, 0.6) is 0 Å². The zero-order chi connectivity index (χ0) is 14.5. The number of carbonyl (C=O) groups is 1. The van der Waals surface area contributed by atoms with Crippen molar-refractivity contribution in [1.29, 1.82) is 0 Å². The number of nitrogens with two attached hydrogens (primary N) is 1. The molecule has 4 heteroatoms. The molecule has 0 saturated heterocycles. The molecule has 0 aromatic heterocycles. The maximum absolute atomic E-state index is 11.9. The van der Waals surface area contributed by atoms with Crippen molar-refractivity contribution in [3.05, 3.63) is 34.9 Å². The van der Waals surface area contributed by atoms with Crippen LogP contribution in [0.3, 0.4) is 0 Å². The Balaban J connectivity index is 2.84. The number of esters is 1. The standard InChI is InChI=1S/C15H22BrNO2/c1-15(2,3)19-14(18)9-12-5-4-11(10-16)8-13(12)6-7-17/h4-5,8H,6-7,9-10,17H2,1-3H3. The first-order chi connectivity index (χ1) is 8.85. The molecular formula is C15H22BrNO2. The minimum atomic E-state index is -0.444. The molecule has 3 nitrogen and oxygen atoms in total. The van der Waals surface area contributed by atoms with E-state index >= 15 is 0 Å². The molecule has 1 rings (SSSR count). The van der Waals surface area contributed by atoms with Gasteiger partial charge in [0.25, 0.3) is 0 Å². The lowest BCUT2D eigenvalue weighted by atomic mass is 9.99. The molecule has 0 atom stereocenters. The number of carbonyl (C=O) groups excluding carboxylic acids is 1. The number of hydrogen-bond acceptors (Lipinski definition) is 3. The normalized spacial score (nSPS) is 11.4. The van der Waals surface area contributed by atoms with Gasteiger partial charge in [0, 0.05) is 5.33 Å². The molecule has 0 heterocycles. The smallest absolute Gasteiger partial charge is 0.310 e. The molecular weight excluding hydrogens is 306 g/mol. The summed E-state index contributed by atoms with van der Waals surface area (Å²) in [5, 5.41) is 0.803. The first-order valence-electron chi connectivity index (χ1n) is 6.44. The van der Waals surface area contributed by atoms with Crippen molar-refractivity contribution in [2.24, 2.45) is 5.73 Å². The summed E-state index contributed by atoms with van der Waals surface area (Å²) >= 11 is 3.44. The molecule has 0 saturated carbocycles. The lowest BCUT2D eigenvalue weighted by molar-refractivity contribution is -0.153. The molecule has 0 bridgehead atoms. The minimum Gasteiger partial charge on any atom is -0.460 e. The third-order valence-corrected chi connectivity index (χ3v) is 3.24. The SMILES string of the molecule is CC(C)(C)OC(=O)Cc1ccc(CBr)cc1CCN. The van der Waals surface area contributed by atoms with Crippen molar-refractivity contribution >= 4 is 21.9 Å². The number of rotatable bonds is 5. The predicted octanol–water partition coefficient (Wildman–Crippen LogP) is 2.97. The first-order valence-corrected chi connectivity index (χ1v) is 7.56. The zero-order valence-corrected chi connectivity index (χ0v) is 13.4. The Labute approximate surface area is 123 Å². The molecule has 2 N–H and O–H groups in total. The van der Waals surface area contributed by atoms with Crippen LogP contribution in [-0.4, -0.2) is 18.1 Å². The van der Waals surface area contributed by atoms with Crippen molar-refractivity contribution in [3.63, 3.8) is 0 Å². The fourth-order valence-corrected chi connectivity index (χ4v) is 2.20. The Morgan fingerprint density at radius 2 is 2.00 bits per heavy atom. The van der Waals surface area contributed by atoms with E-state index in [2.05, 4.69) is 22.0 Å². The summed E-state index contributed by atoms with van der Waals surface area (Å²) in [5.74, 6) is -0.197. The van der Waals surface area contributed by atoms with Crippen LogP contribution < -0.4 is 5.73 Å². The van der Waals surface area contributed by atoms with Gasteiger partial charge in [-0.2, -0.15) is 0 Å². The zero-order valence-electron chi connectivity index (χ0n) is 11.8. The summed E-state index contributed by atoms with van der Waals surface area (Å²) in [6, 6.07) is 6.11. The van der Waals surface area contributed by atoms with Gasteiger partial charge in [-0.15, -0.1) is 0 Å². The molecule has 0 fully saturated rings. The van der Waals surface area contributed by atoms with Gasteiger partial charge >= 0.3 is 5.97 Å². The van der Waals surface area contributed by atoms with E-state index in [9.17, 15) is 4.79 Å². The number of ether oxygens (including phenoxy) is 1. The Bertz CT molecular complexity index is 438. The molecule has 1 aromatic rings. The molecule has 0 aliphatic carbocycles. The molecule has 0 spiro atoms. The van der Waals surface area contributed by atoms with Crippen molar-refractivity contribution in [2.75, 3.05) is 6.54 Å². The Hall–Kier alpha value is -0.870. The third-order valence-electron chi connectivity index (χ3n) is 2.59. The third kappa shape index (κ3) is 5.74. The highest BCUT2D eigenvalue weighted by molar-refractivity contribution is 9.08. The Morgan fingerprint density at radius 3 is 2.53 bits per heavy atom. The van der Waals surface area contributed by atoms with E-state index in [1.807, 2.05) is 32.9 Å². The molecule has 0 radical (unpaired) electrons. The highest BCUT2D eigenvalue weighted by Crippen LogP contribution is 2.17. The van der Waals surface area contributed by atoms with Gasteiger partial charge in [0.1, 0.15) is 5.60 Å². The summed E-state index contributed by atoms with van der Waals surface area (Å²) in [7, 11) is 0. The second-order valence-electron chi connectivity index (χ2n) is 5.54. The number of alkyl halides is 1. The highest BCUT2D eigenvalue weighted by atomic mass is 79.9. The van der Waals surface area contributed by atoms with Gasteiger partial charge in [-0.05, 0) is 50.4 Å². The van der Waals surface area contributed by atoms with E-state index < -0.39 is 5.60 Å². The van der Waals surface area contributed by atoms with Gasteiger partial charge in [-0.25, -0.2) is 0 Å². The van der Waals surface area contributed by atoms with Gasteiger partial charge in [0.2, 0.25) is 0 Å². The van der Waals surface area contributed by atoms with Crippen molar-refractivity contribution in [1.82, 2.24) is 0 Å². The molecule has 106 valence electrons. The molecule has 1 aromatic carbocycles. The summed E-state index contributed by atoms with van der Waals surface area (Å²) in [6.45, 7) is 6.20. The van der Waals surface area contributed by atoms with Crippen LogP contribution in [0.2, 0.25) is 0 Å². The second kappa shape index (κ2) is 7.06. The fourth-order valence-electron chi connectivity index (χ4n) is 1.86. The average Bonchev–Trinajstić information content (AvgIpc) is 2.29. The van der Waals surface area contributed by atoms with E-state index in [0.29, 0.717) is 13.0 Å². The molecule has 19 heavy (non-hydrogen) atoms. The van der Waals surface area contributed by atoms with Crippen LogP contribution in [-0.2, 0) is 27.7 Å². The number of benzene rings is 1. The lowest BCUT2D eigenvalue weighted by Crippen LogP contribution is -2.25. The average molecular weight is 328 g/mol. The topological polar surface area (TPSA) is 52.3 Å². The van der Waals surface area contributed by atoms with E-state index in [1.165, 1.54) is 5.56 Å². The first kappa shape index (κ1) is 16.2. The molecule has 0 aliphatic heterocycles. The highest BCUT2D eigenvalue weighted by Gasteiger charge is 2.17. The summed E-state index contributed by atoms with van der Waals surface area (Å²) < 4.78 is 5.35. The van der Waals surface area contributed by atoms with E-state index in [-0.39, 0.29) is 5.97 Å². The Kier molecular flexibility index (Phi) is 6.01. The Morgan fingerprint density at radius 1 is 1.32 bits per heavy atom. The predicted molar refractivity (Wildman–Crippen MR) is 81.4 cm³/mol. The second-order valence-corrected chi connectivity index (χ2v) is 6.10. The molecule has 0 amide bonds. The summed E-state index contributed by atoms with van der Waals surface area (Å²) in [4.78, 5) is 11.9. The van der Waals surface area contributed by atoms with Crippen LogP contribution in [0.4, 0.5) is 0 Å². The molecule has 0 unspecified atom stereocenters.